The molecule has 0 amide bonds. The fourth-order valence-electron chi connectivity index (χ4n) is 1.55. The lowest BCUT2D eigenvalue weighted by molar-refractivity contribution is 1.50. The Kier molecular flexibility index (Phi) is 1.37. The van der Waals surface area contributed by atoms with E-state index in [-0.39, 0.29) is 0 Å². The molecule has 0 aliphatic rings. The molecule has 0 N–H and O–H groups in total. The molecule has 1 aromatic heterocycles. The highest BCUT2D eigenvalue weighted by Crippen LogP contribution is 2.25. The Morgan fingerprint density at radius 1 is 1.08 bits per heavy atom. The van der Waals surface area contributed by atoms with Crippen LogP contribution < -0.4 is 0 Å². The second-order valence-electron chi connectivity index (χ2n) is 2.94. The van der Waals surface area contributed by atoms with Crippen molar-refractivity contribution >= 4 is 32.3 Å². The lowest BCUT2D eigenvalue weighted by atomic mass is 10.1. The van der Waals surface area contributed by atoms with Crippen molar-refractivity contribution in [3.63, 3.8) is 0 Å². The van der Waals surface area contributed by atoms with Gasteiger partial charge in [0.15, 0.2) is 5.51 Å². The number of nitrogens with zero attached hydrogens (tertiary/aromatic N) is 1. The monoisotopic (exact) mass is 184 g/mol. The van der Waals surface area contributed by atoms with Crippen molar-refractivity contribution in [3.8, 4) is 0 Å². The van der Waals surface area contributed by atoms with Gasteiger partial charge in [0, 0.05) is 5.39 Å². The maximum Gasteiger partial charge on any atom is 0.153 e. The molecule has 0 spiro atoms. The summed E-state index contributed by atoms with van der Waals surface area (Å²) in [6, 6.07) is 12.5. The summed E-state index contributed by atoms with van der Waals surface area (Å²) in [6.45, 7) is 0. The number of fused-ring (bicyclic) bond motifs is 3. The zero-order valence-electron chi connectivity index (χ0n) is 6.82. The van der Waals surface area contributed by atoms with E-state index in [1.165, 1.54) is 15.5 Å². The largest absolute Gasteiger partial charge is 0.233 e. The fraction of sp³-hybridized carbons (Fsp3) is 0. The molecule has 0 fully saturated rings. The average molecular weight is 184 g/mol. The summed E-state index contributed by atoms with van der Waals surface area (Å²) < 4.78 is 1.21. The molecule has 0 aliphatic heterocycles. The van der Waals surface area contributed by atoms with Gasteiger partial charge in [-0.05, 0) is 11.5 Å². The quantitative estimate of drug-likeness (QED) is 0.522. The van der Waals surface area contributed by atoms with Crippen LogP contribution in [0.2, 0.25) is 0 Å². The molecule has 13 heavy (non-hydrogen) atoms. The van der Waals surface area contributed by atoms with E-state index in [0.717, 1.165) is 5.52 Å². The first kappa shape index (κ1) is 7.04. The van der Waals surface area contributed by atoms with Crippen molar-refractivity contribution < 1.29 is 0 Å². The summed E-state index contributed by atoms with van der Waals surface area (Å²) in [5, 5.41) is 2.46. The van der Waals surface area contributed by atoms with Gasteiger partial charge in [-0.2, -0.15) is 0 Å². The molecule has 0 bridgehead atoms. The molecule has 1 heterocycles. The predicted octanol–water partition coefficient (Wildman–Crippen LogP) is 3.25. The molecule has 2 aromatic carbocycles. The second kappa shape index (κ2) is 2.54. The van der Waals surface area contributed by atoms with E-state index in [4.69, 9.17) is 0 Å². The lowest BCUT2D eigenvalue weighted by Gasteiger charge is -1.96. The molecule has 0 saturated heterocycles. The second-order valence-corrected chi connectivity index (χ2v) is 3.77. The van der Waals surface area contributed by atoms with E-state index in [2.05, 4.69) is 34.8 Å². The van der Waals surface area contributed by atoms with Gasteiger partial charge < -0.3 is 0 Å². The van der Waals surface area contributed by atoms with E-state index in [1.54, 1.807) is 11.3 Å². The third-order valence-electron chi connectivity index (χ3n) is 2.18. The summed E-state index contributed by atoms with van der Waals surface area (Å²) >= 11 is 1.57. The van der Waals surface area contributed by atoms with Crippen molar-refractivity contribution in [2.75, 3.05) is 0 Å². The van der Waals surface area contributed by atoms with Gasteiger partial charge in [0.25, 0.3) is 0 Å². The van der Waals surface area contributed by atoms with Crippen molar-refractivity contribution in [2.45, 2.75) is 0 Å². The van der Waals surface area contributed by atoms with Crippen LogP contribution in [0.25, 0.3) is 21.0 Å². The zero-order chi connectivity index (χ0) is 8.67. The molecule has 0 unspecified atom stereocenters. The number of hydrogen-bond donors (Lipinski definition) is 0. The van der Waals surface area contributed by atoms with Gasteiger partial charge in [-0.3, -0.25) is 0 Å². The molecule has 3 rings (SSSR count). The minimum Gasteiger partial charge on any atom is -0.233 e. The third-order valence-corrected chi connectivity index (χ3v) is 2.91. The Morgan fingerprint density at radius 2 is 2.00 bits per heavy atom. The Labute approximate surface area is 79.7 Å². The van der Waals surface area contributed by atoms with Crippen LogP contribution in [0, 0.1) is 5.51 Å². The van der Waals surface area contributed by atoms with Gasteiger partial charge in [-0.25, -0.2) is 4.98 Å². The average Bonchev–Trinajstić information content (AvgIpc) is 2.65. The highest BCUT2D eigenvalue weighted by atomic mass is 32.1. The van der Waals surface area contributed by atoms with Crippen molar-refractivity contribution in [2.24, 2.45) is 0 Å². The molecule has 61 valence electrons. The number of benzene rings is 2. The van der Waals surface area contributed by atoms with Crippen LogP contribution in [0.1, 0.15) is 0 Å². The summed E-state index contributed by atoms with van der Waals surface area (Å²) in [4.78, 5) is 4.24. The summed E-state index contributed by atoms with van der Waals surface area (Å²) in [7, 11) is 0. The minimum atomic E-state index is 1.07. The molecule has 3 aromatic rings. The molecular formula is C11H6NS. The smallest absolute Gasteiger partial charge is 0.153 e. The van der Waals surface area contributed by atoms with Crippen molar-refractivity contribution in [1.29, 1.82) is 0 Å². The van der Waals surface area contributed by atoms with Crippen molar-refractivity contribution in [1.82, 2.24) is 4.98 Å². The van der Waals surface area contributed by atoms with Gasteiger partial charge in [0.05, 0.1) is 10.2 Å². The summed E-state index contributed by atoms with van der Waals surface area (Å²) in [5.41, 5.74) is 3.99. The van der Waals surface area contributed by atoms with Crippen LogP contribution >= 0.6 is 11.3 Å². The molecule has 2 heteroatoms. The molecule has 0 saturated carbocycles. The van der Waals surface area contributed by atoms with Crippen LogP contribution in [0.5, 0.6) is 0 Å². The Hall–Kier alpha value is -1.41. The Morgan fingerprint density at radius 3 is 3.00 bits per heavy atom. The van der Waals surface area contributed by atoms with Gasteiger partial charge in [0.1, 0.15) is 0 Å². The first-order chi connectivity index (χ1) is 6.45. The van der Waals surface area contributed by atoms with Gasteiger partial charge in [-0.15, -0.1) is 11.3 Å². The van der Waals surface area contributed by atoms with Crippen molar-refractivity contribution in [3.05, 3.63) is 41.9 Å². The predicted molar refractivity (Wildman–Crippen MR) is 56.0 cm³/mol. The molecule has 1 radical (unpaired) electrons. The number of aromatic nitrogens is 1. The van der Waals surface area contributed by atoms with Crippen LogP contribution in [0.15, 0.2) is 36.4 Å². The van der Waals surface area contributed by atoms with E-state index >= 15 is 0 Å². The number of hydrogen-bond acceptors (Lipinski definition) is 2. The Bertz CT molecular complexity index is 568. The maximum atomic E-state index is 4.24. The summed E-state index contributed by atoms with van der Waals surface area (Å²) in [6.07, 6.45) is 0. The zero-order valence-corrected chi connectivity index (χ0v) is 7.64. The fourth-order valence-corrected chi connectivity index (χ4v) is 2.17. The molecular weight excluding hydrogens is 178 g/mol. The van der Waals surface area contributed by atoms with E-state index in [0.29, 0.717) is 0 Å². The highest BCUT2D eigenvalue weighted by molar-refractivity contribution is 7.16. The van der Waals surface area contributed by atoms with Crippen LogP contribution in [0.3, 0.4) is 0 Å². The van der Waals surface area contributed by atoms with Crippen LogP contribution in [0.4, 0.5) is 0 Å². The lowest BCUT2D eigenvalue weighted by Crippen LogP contribution is -1.73. The summed E-state index contributed by atoms with van der Waals surface area (Å²) in [5.74, 6) is 0. The van der Waals surface area contributed by atoms with Gasteiger partial charge in [-0.1, -0.05) is 30.3 Å². The SMILES string of the molecule is [c]1nc2c(ccc3ccccc32)s1. The Balaban J connectivity index is 2.65. The van der Waals surface area contributed by atoms with Gasteiger partial charge in [0.2, 0.25) is 0 Å². The third kappa shape index (κ3) is 0.956. The minimum absolute atomic E-state index is 1.07. The first-order valence-corrected chi connectivity index (χ1v) is 4.91. The molecule has 0 aliphatic carbocycles. The molecule has 1 nitrogen and oxygen atoms in total. The topological polar surface area (TPSA) is 12.9 Å². The maximum absolute atomic E-state index is 4.24. The van der Waals surface area contributed by atoms with Crippen LogP contribution in [-0.2, 0) is 0 Å². The first-order valence-electron chi connectivity index (χ1n) is 4.09. The van der Waals surface area contributed by atoms with E-state index < -0.39 is 0 Å². The van der Waals surface area contributed by atoms with E-state index in [9.17, 15) is 0 Å². The molecule has 0 atom stereocenters. The van der Waals surface area contributed by atoms with Gasteiger partial charge >= 0.3 is 0 Å². The number of rotatable bonds is 0. The highest BCUT2D eigenvalue weighted by Gasteiger charge is 2.00. The standard InChI is InChI=1S/C11H6NS/c1-2-4-9-8(3-1)5-6-10-11(9)12-7-13-10/h1-6H. The van der Waals surface area contributed by atoms with E-state index in [1.807, 2.05) is 12.1 Å². The number of thiazole rings is 1. The van der Waals surface area contributed by atoms with Crippen LogP contribution in [-0.4, -0.2) is 4.98 Å². The normalized spacial score (nSPS) is 11.1.